The topological polar surface area (TPSA) is 142 Å². The van der Waals surface area contributed by atoms with Crippen molar-refractivity contribution in [2.45, 2.75) is 25.9 Å². The molecular weight excluding hydrogens is 563 g/mol. The van der Waals surface area contributed by atoms with Gasteiger partial charge in [-0.15, -0.1) is 5.10 Å². The van der Waals surface area contributed by atoms with Gasteiger partial charge in [0.15, 0.2) is 5.69 Å². The molecule has 0 unspecified atom stereocenters. The number of hydrogen-bond donors (Lipinski definition) is 4. The van der Waals surface area contributed by atoms with Crippen LogP contribution in [-0.4, -0.2) is 57.7 Å². The summed E-state index contributed by atoms with van der Waals surface area (Å²) in [7, 11) is 1.76. The molecule has 1 amide bonds. The fraction of sp³-hybridized carbons (Fsp3) is 0.267. The van der Waals surface area contributed by atoms with E-state index in [0.29, 0.717) is 47.7 Å². The number of aldehydes is 1. The lowest BCUT2D eigenvalue weighted by molar-refractivity contribution is -0.138. The average molecular weight is 594 g/mol. The normalized spacial score (nSPS) is 12.5. The number of hydrogen-bond acceptors (Lipinski definition) is 9. The molecule has 0 bridgehead atoms. The second-order valence-corrected chi connectivity index (χ2v) is 9.74. The summed E-state index contributed by atoms with van der Waals surface area (Å²) in [4.78, 5) is 31.1. The molecule has 4 aromatic rings. The maximum Gasteiger partial charge on any atom is 0.418 e. The molecule has 1 fully saturated rings. The number of aliphatic hydroxyl groups is 1. The van der Waals surface area contributed by atoms with Gasteiger partial charge in [0.1, 0.15) is 17.9 Å². The van der Waals surface area contributed by atoms with Crippen molar-refractivity contribution in [2.75, 3.05) is 36.1 Å². The van der Waals surface area contributed by atoms with E-state index in [1.165, 1.54) is 0 Å². The summed E-state index contributed by atoms with van der Waals surface area (Å²) in [6.07, 6.45) is 0.888. The van der Waals surface area contributed by atoms with Gasteiger partial charge >= 0.3 is 6.18 Å². The van der Waals surface area contributed by atoms with Crippen LogP contribution in [0.5, 0.6) is 0 Å². The Bertz CT molecular complexity index is 1590. The van der Waals surface area contributed by atoms with Crippen LogP contribution in [0.3, 0.4) is 0 Å². The highest BCUT2D eigenvalue weighted by molar-refractivity contribution is 6.03. The minimum atomic E-state index is -4.65. The van der Waals surface area contributed by atoms with Gasteiger partial charge in [-0.3, -0.25) is 4.79 Å². The van der Waals surface area contributed by atoms with Crippen molar-refractivity contribution >= 4 is 29.5 Å². The second kappa shape index (κ2) is 13.8. The number of anilines is 3. The highest BCUT2D eigenvalue weighted by Crippen LogP contribution is 2.33. The van der Waals surface area contributed by atoms with E-state index in [1.54, 1.807) is 31.4 Å². The Morgan fingerprint density at radius 1 is 1.07 bits per heavy atom. The zero-order valence-electron chi connectivity index (χ0n) is 23.4. The highest BCUT2D eigenvalue weighted by Gasteiger charge is 2.32. The van der Waals surface area contributed by atoms with E-state index in [4.69, 9.17) is 0 Å². The van der Waals surface area contributed by atoms with Crippen LogP contribution in [0.25, 0.3) is 22.4 Å². The van der Waals surface area contributed by atoms with Crippen LogP contribution < -0.4 is 16.0 Å². The highest BCUT2D eigenvalue weighted by atomic mass is 19.4. The van der Waals surface area contributed by atoms with Crippen molar-refractivity contribution in [2.24, 2.45) is 5.92 Å². The first-order valence-corrected chi connectivity index (χ1v) is 13.4. The third-order valence-corrected chi connectivity index (χ3v) is 6.39. The maximum absolute atomic E-state index is 13.0. The van der Waals surface area contributed by atoms with Gasteiger partial charge in [-0.25, -0.2) is 9.97 Å². The minimum Gasteiger partial charge on any atom is -0.395 e. The predicted octanol–water partition coefficient (Wildman–Crippen LogP) is 5.22. The van der Waals surface area contributed by atoms with Crippen LogP contribution in [0.4, 0.5) is 30.5 Å². The first-order valence-electron chi connectivity index (χ1n) is 13.4. The lowest BCUT2D eigenvalue weighted by Gasteiger charge is -2.14. The Hall–Kier alpha value is -4.91. The molecule has 3 heterocycles. The molecule has 0 saturated heterocycles. The fourth-order valence-corrected chi connectivity index (χ4v) is 3.91. The van der Waals surface area contributed by atoms with E-state index < -0.39 is 23.3 Å². The van der Waals surface area contributed by atoms with Gasteiger partial charge < -0.3 is 25.9 Å². The monoisotopic (exact) mass is 593 g/mol. The molecule has 5 rings (SSSR count). The zero-order valence-corrected chi connectivity index (χ0v) is 23.4. The summed E-state index contributed by atoms with van der Waals surface area (Å²) in [6, 6.07) is 13.2. The summed E-state index contributed by atoms with van der Waals surface area (Å²) < 4.78 is 39.1. The van der Waals surface area contributed by atoms with Crippen LogP contribution in [0, 0.1) is 12.8 Å². The Balaban J connectivity index is 0.000000767. The molecule has 0 spiro atoms. The molecule has 0 aliphatic heterocycles. The molecule has 224 valence electrons. The Labute approximate surface area is 245 Å². The lowest BCUT2D eigenvalue weighted by atomic mass is 9.98. The van der Waals surface area contributed by atoms with Crippen molar-refractivity contribution in [3.63, 3.8) is 0 Å². The predicted molar refractivity (Wildman–Crippen MR) is 157 cm³/mol. The number of alkyl halides is 3. The lowest BCUT2D eigenvalue weighted by Crippen LogP contribution is -2.16. The molecule has 10 nitrogen and oxygen atoms in total. The number of carbonyl (C=O) groups is 2. The Kier molecular flexibility index (Phi) is 9.99. The number of aryl methyl sites for hydroxylation is 1. The number of benzene rings is 1. The molecule has 0 atom stereocenters. The number of carbonyl (C=O) groups excluding carboxylic acids is 2. The summed E-state index contributed by atoms with van der Waals surface area (Å²) >= 11 is 0. The van der Waals surface area contributed by atoms with Crippen LogP contribution >= 0.6 is 0 Å². The summed E-state index contributed by atoms with van der Waals surface area (Å²) in [6.45, 7) is 2.10. The Morgan fingerprint density at radius 3 is 2.49 bits per heavy atom. The van der Waals surface area contributed by atoms with Crippen LogP contribution in [0.1, 0.15) is 34.5 Å². The molecule has 3 aromatic heterocycles. The molecule has 1 saturated carbocycles. The molecule has 4 N–H and O–H groups in total. The first-order chi connectivity index (χ1) is 20.6. The van der Waals surface area contributed by atoms with Gasteiger partial charge in [-0.05, 0) is 78.9 Å². The number of pyridine rings is 2. The SMILES string of the molecule is CNc1cc(-c2cc(-c3cc(NC(=O)c4cc(C(F)(F)F)cnn4)ccc3C)cc(NCCO)n2)ccn1.O=CC1CC1. The first kappa shape index (κ1) is 31.0. The van der Waals surface area contributed by atoms with Crippen LogP contribution in [0.15, 0.2) is 60.9 Å². The molecule has 1 aliphatic carbocycles. The third kappa shape index (κ3) is 8.55. The number of rotatable bonds is 9. The molecule has 1 aliphatic rings. The minimum absolute atomic E-state index is 0.0840. The van der Waals surface area contributed by atoms with E-state index in [9.17, 15) is 27.9 Å². The maximum atomic E-state index is 13.0. The van der Waals surface area contributed by atoms with E-state index in [-0.39, 0.29) is 6.61 Å². The summed E-state index contributed by atoms with van der Waals surface area (Å²) in [5.74, 6) is 0.825. The van der Waals surface area contributed by atoms with Gasteiger partial charge in [-0.2, -0.15) is 18.3 Å². The number of aliphatic hydroxyl groups excluding tert-OH is 1. The average Bonchev–Trinajstić information content (AvgIpc) is 3.86. The molecule has 0 radical (unpaired) electrons. The summed E-state index contributed by atoms with van der Waals surface area (Å²) in [5, 5.41) is 24.8. The van der Waals surface area contributed by atoms with E-state index in [1.807, 2.05) is 31.2 Å². The molecular formula is C30H30F3N7O3. The standard InChI is InChI=1S/C26H24F3N7O2.C4H6O/c1-15-3-4-19(34-25(38)22-12-18(14-33-36-22)26(27,28)29)13-20(15)17-9-21(35-24(11-17)32-7-8-37)16-5-6-31-23(10-16)30-2;5-3-4-1-2-4/h3-6,9-14,37H,7-8H2,1-2H3,(H,30,31)(H,32,35)(H,34,38);3-4H,1-2H2. The van der Waals surface area contributed by atoms with Gasteiger partial charge in [0, 0.05) is 37.0 Å². The van der Waals surface area contributed by atoms with Crippen LogP contribution in [0.2, 0.25) is 0 Å². The molecule has 13 heteroatoms. The smallest absolute Gasteiger partial charge is 0.395 e. The van der Waals surface area contributed by atoms with Crippen molar-refractivity contribution in [3.8, 4) is 22.4 Å². The largest absolute Gasteiger partial charge is 0.418 e. The molecule has 43 heavy (non-hydrogen) atoms. The zero-order chi connectivity index (χ0) is 31.0. The van der Waals surface area contributed by atoms with E-state index >= 15 is 0 Å². The number of aromatic nitrogens is 4. The van der Waals surface area contributed by atoms with E-state index in [0.717, 1.165) is 41.4 Å². The van der Waals surface area contributed by atoms with Gasteiger partial charge in [0.05, 0.1) is 24.1 Å². The fourth-order valence-electron chi connectivity index (χ4n) is 3.91. The number of nitrogens with one attached hydrogen (secondary N) is 3. The molecule has 1 aromatic carbocycles. The summed E-state index contributed by atoms with van der Waals surface area (Å²) in [5.41, 5.74) is 2.71. The van der Waals surface area contributed by atoms with Crippen molar-refractivity contribution in [3.05, 3.63) is 77.7 Å². The van der Waals surface area contributed by atoms with E-state index in [2.05, 4.69) is 36.1 Å². The number of amides is 1. The number of nitrogens with zero attached hydrogens (tertiary/aromatic N) is 4. The van der Waals surface area contributed by atoms with Gasteiger partial charge in [0.2, 0.25) is 0 Å². The van der Waals surface area contributed by atoms with Crippen molar-refractivity contribution in [1.82, 2.24) is 20.2 Å². The third-order valence-electron chi connectivity index (χ3n) is 6.39. The number of halogens is 3. The van der Waals surface area contributed by atoms with Crippen LogP contribution in [-0.2, 0) is 11.0 Å². The second-order valence-electron chi connectivity index (χ2n) is 9.74. The quantitative estimate of drug-likeness (QED) is 0.192. The Morgan fingerprint density at radius 2 is 1.84 bits per heavy atom. The van der Waals surface area contributed by atoms with Gasteiger partial charge in [0.25, 0.3) is 5.91 Å². The van der Waals surface area contributed by atoms with Crippen molar-refractivity contribution in [1.29, 1.82) is 0 Å². The van der Waals surface area contributed by atoms with Gasteiger partial charge in [-0.1, -0.05) is 6.07 Å². The van der Waals surface area contributed by atoms with Crippen molar-refractivity contribution < 1.29 is 27.9 Å².